The summed E-state index contributed by atoms with van der Waals surface area (Å²) in [6.07, 6.45) is 4.47. The molecule has 11 heteroatoms. The lowest BCUT2D eigenvalue weighted by molar-refractivity contribution is -0.136. The molecule has 1 atom stereocenters. The molecule has 42 heavy (non-hydrogen) atoms. The second-order valence-corrected chi connectivity index (χ2v) is 10.5. The fourth-order valence-electron chi connectivity index (χ4n) is 5.26. The number of ether oxygens (including phenoxy) is 2. The number of amides is 2. The summed E-state index contributed by atoms with van der Waals surface area (Å²) < 4.78 is 51.7. The van der Waals surface area contributed by atoms with E-state index in [9.17, 15) is 22.8 Å². The van der Waals surface area contributed by atoms with Gasteiger partial charge in [-0.2, -0.15) is 4.39 Å². The van der Waals surface area contributed by atoms with Crippen LogP contribution in [0.15, 0.2) is 48.7 Å². The molecule has 1 saturated heterocycles. The molecule has 0 bridgehead atoms. The summed E-state index contributed by atoms with van der Waals surface area (Å²) >= 11 is 0. The molecule has 8 nitrogen and oxygen atoms in total. The average Bonchev–Trinajstić information content (AvgIpc) is 3.83. The fraction of sp³-hybridized carbons (Fsp3) is 0.387. The van der Waals surface area contributed by atoms with E-state index in [1.165, 1.54) is 0 Å². The third kappa shape index (κ3) is 6.35. The summed E-state index contributed by atoms with van der Waals surface area (Å²) in [6.45, 7) is 2.66. The molecule has 2 amide bonds. The molecule has 1 aromatic heterocycles. The Balaban J connectivity index is 1.26. The maximum atomic E-state index is 14.0. The molecule has 5 rings (SSSR count). The highest BCUT2D eigenvalue weighted by molar-refractivity contribution is 6.03. The molecular weight excluding hydrogens is 549 g/mol. The minimum Gasteiger partial charge on any atom is -0.494 e. The van der Waals surface area contributed by atoms with Crippen molar-refractivity contribution < 1.29 is 32.2 Å². The van der Waals surface area contributed by atoms with Gasteiger partial charge in [0.05, 0.1) is 26.0 Å². The predicted molar refractivity (Wildman–Crippen MR) is 150 cm³/mol. The molecule has 2 aliphatic rings. The molecule has 1 N–H and O–H groups in total. The quantitative estimate of drug-likeness (QED) is 0.268. The molecular formula is C31H33F3N4O4. The van der Waals surface area contributed by atoms with Gasteiger partial charge in [-0.25, -0.2) is 8.78 Å². The van der Waals surface area contributed by atoms with Crippen molar-refractivity contribution in [1.82, 2.24) is 15.2 Å². The van der Waals surface area contributed by atoms with E-state index < -0.39 is 29.2 Å². The topological polar surface area (TPSA) is 84.0 Å². The number of benzene rings is 2. The zero-order valence-corrected chi connectivity index (χ0v) is 23.5. The molecule has 0 radical (unpaired) electrons. The van der Waals surface area contributed by atoms with Crippen LogP contribution in [0, 0.1) is 24.4 Å². The number of pyridine rings is 1. The molecule has 1 aliphatic heterocycles. The van der Waals surface area contributed by atoms with Crippen LogP contribution in [0.5, 0.6) is 11.5 Å². The Kier molecular flexibility index (Phi) is 8.96. The van der Waals surface area contributed by atoms with Gasteiger partial charge in [-0.15, -0.1) is 0 Å². The summed E-state index contributed by atoms with van der Waals surface area (Å²) in [7, 11) is 1.59. The number of aromatic nitrogens is 1. The number of carbonyl (C=O) groups is 2. The highest BCUT2D eigenvalue weighted by atomic mass is 19.2. The normalized spacial score (nSPS) is 16.8. The van der Waals surface area contributed by atoms with Crippen molar-refractivity contribution in [1.29, 1.82) is 0 Å². The number of hydrogen-bond acceptors (Lipinski definition) is 6. The van der Waals surface area contributed by atoms with Crippen LogP contribution in [-0.2, 0) is 22.6 Å². The molecule has 2 heterocycles. The second kappa shape index (κ2) is 12.8. The Hall–Kier alpha value is -4.12. The van der Waals surface area contributed by atoms with Crippen LogP contribution < -0.4 is 19.7 Å². The number of hydrogen-bond donors (Lipinski definition) is 1. The summed E-state index contributed by atoms with van der Waals surface area (Å²) in [5, 5.41) is 3.08. The number of anilines is 1. The van der Waals surface area contributed by atoms with Gasteiger partial charge >= 0.3 is 0 Å². The highest BCUT2D eigenvalue weighted by Gasteiger charge is 2.41. The summed E-state index contributed by atoms with van der Waals surface area (Å²) in [6, 6.07) is 10.1. The van der Waals surface area contributed by atoms with Crippen LogP contribution in [0.1, 0.15) is 36.1 Å². The minimum atomic E-state index is -1.35. The van der Waals surface area contributed by atoms with E-state index in [0.717, 1.165) is 35.7 Å². The monoisotopic (exact) mass is 582 g/mol. The Bertz CT molecular complexity index is 1450. The lowest BCUT2D eigenvalue weighted by atomic mass is 10.1. The average molecular weight is 583 g/mol. The maximum absolute atomic E-state index is 14.0. The zero-order chi connectivity index (χ0) is 29.8. The van der Waals surface area contributed by atoms with Crippen molar-refractivity contribution >= 4 is 17.5 Å². The second-order valence-electron chi connectivity index (χ2n) is 10.5. The van der Waals surface area contributed by atoms with Crippen LogP contribution in [0.2, 0.25) is 0 Å². The number of nitrogens with zero attached hydrogens (tertiary/aromatic N) is 3. The number of nitrogens with one attached hydrogen (secondary N) is 1. The maximum Gasteiger partial charge on any atom is 0.247 e. The molecule has 1 aliphatic carbocycles. The van der Waals surface area contributed by atoms with Gasteiger partial charge in [0.15, 0.2) is 17.4 Å². The van der Waals surface area contributed by atoms with Gasteiger partial charge in [-0.3, -0.25) is 19.5 Å². The van der Waals surface area contributed by atoms with E-state index in [1.54, 1.807) is 30.3 Å². The Labute approximate surface area is 242 Å². The van der Waals surface area contributed by atoms with Gasteiger partial charge in [-0.1, -0.05) is 12.1 Å². The summed E-state index contributed by atoms with van der Waals surface area (Å²) in [5.41, 5.74) is 3.13. The third-order valence-electron chi connectivity index (χ3n) is 7.53. The molecule has 2 fully saturated rings. The lowest BCUT2D eigenvalue weighted by Gasteiger charge is -2.38. The number of piperazine rings is 1. The standard InChI is InChI=1S/C31H33F3N4O4/c1-19-29(41-2)21(13-14-36-19)18-37(22-9-10-22)31(40)26-16-35-17-27(39)38(26)23-7-5-20(6-8-23)4-3-15-42-30-25(33)12-11-24(32)28(30)34/h5-8,11-14,22,26,35H,3-4,9-10,15-18H2,1-2H3/t26-/m1/s1. The Morgan fingerprint density at radius 3 is 2.52 bits per heavy atom. The first-order valence-electron chi connectivity index (χ1n) is 14.0. The van der Waals surface area contributed by atoms with Gasteiger partial charge < -0.3 is 19.7 Å². The molecule has 1 saturated carbocycles. The van der Waals surface area contributed by atoms with E-state index in [-0.39, 0.29) is 31.0 Å². The molecule has 0 spiro atoms. The van der Waals surface area contributed by atoms with Crippen molar-refractivity contribution in [2.24, 2.45) is 0 Å². The van der Waals surface area contributed by atoms with E-state index in [2.05, 4.69) is 10.3 Å². The molecule has 222 valence electrons. The zero-order valence-electron chi connectivity index (χ0n) is 23.5. The summed E-state index contributed by atoms with van der Waals surface area (Å²) in [5.74, 6) is -3.89. The SMILES string of the molecule is COc1c(CN(C(=O)[C@H]2CNCC(=O)N2c2ccc(CCCOc3c(F)ccc(F)c3F)cc2)C2CC2)ccnc1C. The van der Waals surface area contributed by atoms with E-state index in [0.29, 0.717) is 43.4 Å². The van der Waals surface area contributed by atoms with Crippen molar-refractivity contribution in [2.75, 3.05) is 31.7 Å². The fourth-order valence-corrected chi connectivity index (χ4v) is 5.26. The van der Waals surface area contributed by atoms with Gasteiger partial charge in [0.2, 0.25) is 17.6 Å². The first-order chi connectivity index (χ1) is 20.3. The van der Waals surface area contributed by atoms with Crippen LogP contribution in [-0.4, -0.2) is 60.6 Å². The number of carbonyl (C=O) groups excluding carboxylic acids is 2. The summed E-state index contributed by atoms with van der Waals surface area (Å²) in [4.78, 5) is 34.7. The predicted octanol–water partition coefficient (Wildman–Crippen LogP) is 4.32. The first-order valence-corrected chi connectivity index (χ1v) is 14.0. The van der Waals surface area contributed by atoms with Crippen LogP contribution >= 0.6 is 0 Å². The van der Waals surface area contributed by atoms with Gasteiger partial charge in [0, 0.05) is 36.6 Å². The Morgan fingerprint density at radius 1 is 1.07 bits per heavy atom. The van der Waals surface area contributed by atoms with Crippen molar-refractivity contribution in [3.63, 3.8) is 0 Å². The van der Waals surface area contributed by atoms with Crippen molar-refractivity contribution in [3.05, 3.63) is 82.9 Å². The van der Waals surface area contributed by atoms with E-state index in [1.807, 2.05) is 30.0 Å². The number of aryl methyl sites for hydroxylation is 2. The first kappa shape index (κ1) is 29.4. The number of methoxy groups -OCH3 is 1. The number of rotatable bonds is 11. The molecule has 2 aromatic carbocycles. The van der Waals surface area contributed by atoms with Crippen LogP contribution in [0.25, 0.3) is 0 Å². The van der Waals surface area contributed by atoms with Gasteiger partial charge in [0.25, 0.3) is 0 Å². The van der Waals surface area contributed by atoms with Gasteiger partial charge in [-0.05, 0) is 68.5 Å². The smallest absolute Gasteiger partial charge is 0.247 e. The molecule has 3 aromatic rings. The Morgan fingerprint density at radius 2 is 1.81 bits per heavy atom. The highest BCUT2D eigenvalue weighted by Crippen LogP contribution is 2.33. The van der Waals surface area contributed by atoms with E-state index in [4.69, 9.17) is 9.47 Å². The minimum absolute atomic E-state index is 0.00924. The van der Waals surface area contributed by atoms with Crippen molar-refractivity contribution in [2.45, 2.75) is 51.2 Å². The van der Waals surface area contributed by atoms with E-state index >= 15 is 0 Å². The lowest BCUT2D eigenvalue weighted by Crippen LogP contribution is -2.61. The third-order valence-corrected chi connectivity index (χ3v) is 7.53. The van der Waals surface area contributed by atoms with Crippen molar-refractivity contribution in [3.8, 4) is 11.5 Å². The molecule has 0 unspecified atom stereocenters. The van der Waals surface area contributed by atoms with Crippen LogP contribution in [0.3, 0.4) is 0 Å². The van der Waals surface area contributed by atoms with Gasteiger partial charge in [0.1, 0.15) is 11.8 Å². The number of halogens is 3. The van der Waals surface area contributed by atoms with Crippen LogP contribution in [0.4, 0.5) is 18.9 Å². The largest absolute Gasteiger partial charge is 0.494 e.